The highest BCUT2D eigenvalue weighted by Gasteiger charge is 2.04. The van der Waals surface area contributed by atoms with E-state index in [4.69, 9.17) is 0 Å². The van der Waals surface area contributed by atoms with E-state index in [1.54, 1.807) is 0 Å². The van der Waals surface area contributed by atoms with E-state index in [-0.39, 0.29) is 0 Å². The van der Waals surface area contributed by atoms with Gasteiger partial charge in [-0.05, 0) is 25.1 Å². The van der Waals surface area contributed by atoms with Gasteiger partial charge in [0.15, 0.2) is 0 Å². The Morgan fingerprint density at radius 2 is 2.25 bits per heavy atom. The second-order valence-corrected chi connectivity index (χ2v) is 4.10. The lowest BCUT2D eigenvalue weighted by atomic mass is 10.2. The molecule has 1 N–H and O–H groups in total. The molecule has 12 heavy (non-hydrogen) atoms. The summed E-state index contributed by atoms with van der Waals surface area (Å²) in [6.07, 6.45) is 4.35. The molecule has 0 amide bonds. The summed E-state index contributed by atoms with van der Waals surface area (Å²) in [5.41, 5.74) is 0. The standard InChI is InChI=1S/C10H21NS/c1-4-7-8-10(11-5-2)9-12-6-3/h4,10-11H,1,5-9H2,2-3H3. The van der Waals surface area contributed by atoms with Crippen LogP contribution in [0.1, 0.15) is 26.7 Å². The van der Waals surface area contributed by atoms with Crippen molar-refractivity contribution in [1.29, 1.82) is 0 Å². The lowest BCUT2D eigenvalue weighted by Gasteiger charge is -2.15. The molecule has 0 radical (unpaired) electrons. The molecule has 1 unspecified atom stereocenters. The summed E-state index contributed by atoms with van der Waals surface area (Å²) in [7, 11) is 0. The van der Waals surface area contributed by atoms with E-state index in [1.807, 2.05) is 17.8 Å². The molecular formula is C10H21NS. The molecule has 0 bridgehead atoms. The zero-order valence-electron chi connectivity index (χ0n) is 8.31. The highest BCUT2D eigenvalue weighted by Crippen LogP contribution is 2.07. The van der Waals surface area contributed by atoms with Crippen LogP contribution in [0.4, 0.5) is 0 Å². The minimum Gasteiger partial charge on any atom is -0.313 e. The molecule has 0 spiro atoms. The van der Waals surface area contributed by atoms with Crippen LogP contribution < -0.4 is 5.32 Å². The molecule has 0 aliphatic heterocycles. The maximum absolute atomic E-state index is 3.74. The zero-order chi connectivity index (χ0) is 9.23. The Balaban J connectivity index is 3.46. The number of thioether (sulfide) groups is 1. The van der Waals surface area contributed by atoms with Crippen molar-refractivity contribution in [3.05, 3.63) is 12.7 Å². The van der Waals surface area contributed by atoms with Crippen LogP contribution in [0, 0.1) is 0 Å². The van der Waals surface area contributed by atoms with Gasteiger partial charge in [0.2, 0.25) is 0 Å². The smallest absolute Gasteiger partial charge is 0.0161 e. The minimum absolute atomic E-state index is 0.679. The molecule has 0 aromatic rings. The van der Waals surface area contributed by atoms with Gasteiger partial charge in [0.1, 0.15) is 0 Å². The fraction of sp³-hybridized carbons (Fsp3) is 0.800. The fourth-order valence-electron chi connectivity index (χ4n) is 1.11. The molecule has 1 nitrogen and oxygen atoms in total. The van der Waals surface area contributed by atoms with Gasteiger partial charge in [-0.1, -0.05) is 19.9 Å². The van der Waals surface area contributed by atoms with Gasteiger partial charge in [-0.3, -0.25) is 0 Å². The van der Waals surface area contributed by atoms with Gasteiger partial charge >= 0.3 is 0 Å². The van der Waals surface area contributed by atoms with E-state index < -0.39 is 0 Å². The first-order chi connectivity index (χ1) is 5.85. The largest absolute Gasteiger partial charge is 0.313 e. The Morgan fingerprint density at radius 3 is 2.75 bits per heavy atom. The lowest BCUT2D eigenvalue weighted by molar-refractivity contribution is 0.542. The number of rotatable bonds is 8. The first-order valence-corrected chi connectivity index (χ1v) is 5.92. The number of nitrogens with one attached hydrogen (secondary N) is 1. The van der Waals surface area contributed by atoms with Crippen LogP contribution in [-0.4, -0.2) is 24.1 Å². The molecule has 0 aliphatic carbocycles. The summed E-state index contributed by atoms with van der Waals surface area (Å²) < 4.78 is 0. The monoisotopic (exact) mass is 187 g/mol. The third kappa shape index (κ3) is 6.74. The van der Waals surface area contributed by atoms with Crippen LogP contribution in [0.2, 0.25) is 0 Å². The highest BCUT2D eigenvalue weighted by molar-refractivity contribution is 7.99. The zero-order valence-corrected chi connectivity index (χ0v) is 9.12. The summed E-state index contributed by atoms with van der Waals surface area (Å²) in [5, 5.41) is 3.48. The maximum atomic E-state index is 3.74. The van der Waals surface area contributed by atoms with Crippen molar-refractivity contribution in [2.45, 2.75) is 32.7 Å². The molecule has 0 fully saturated rings. The molecule has 0 aromatic carbocycles. The third-order valence-corrected chi connectivity index (χ3v) is 2.78. The van der Waals surface area contributed by atoms with Crippen molar-refractivity contribution in [3.8, 4) is 0 Å². The first kappa shape index (κ1) is 12.0. The van der Waals surface area contributed by atoms with Crippen molar-refractivity contribution in [3.63, 3.8) is 0 Å². The number of allylic oxidation sites excluding steroid dienone is 1. The molecule has 0 saturated heterocycles. The van der Waals surface area contributed by atoms with E-state index in [2.05, 4.69) is 25.7 Å². The minimum atomic E-state index is 0.679. The van der Waals surface area contributed by atoms with Crippen LogP contribution in [0.5, 0.6) is 0 Å². The van der Waals surface area contributed by atoms with E-state index in [1.165, 1.54) is 17.9 Å². The topological polar surface area (TPSA) is 12.0 Å². The van der Waals surface area contributed by atoms with Gasteiger partial charge in [-0.2, -0.15) is 11.8 Å². The van der Waals surface area contributed by atoms with E-state index in [9.17, 15) is 0 Å². The summed E-state index contributed by atoms with van der Waals surface area (Å²) in [5.74, 6) is 2.45. The second-order valence-electron chi connectivity index (χ2n) is 2.78. The molecule has 1 atom stereocenters. The number of hydrogen-bond acceptors (Lipinski definition) is 2. The highest BCUT2D eigenvalue weighted by atomic mass is 32.2. The normalized spacial score (nSPS) is 12.8. The summed E-state index contributed by atoms with van der Waals surface area (Å²) in [6.45, 7) is 9.19. The molecule has 0 aliphatic rings. The third-order valence-electron chi connectivity index (χ3n) is 1.74. The summed E-state index contributed by atoms with van der Waals surface area (Å²) in [6, 6.07) is 0.679. The van der Waals surface area contributed by atoms with Gasteiger partial charge in [-0.25, -0.2) is 0 Å². The Kier molecular flexibility index (Phi) is 9.18. The molecular weight excluding hydrogens is 166 g/mol. The molecule has 0 rings (SSSR count). The van der Waals surface area contributed by atoms with Crippen molar-refractivity contribution >= 4 is 11.8 Å². The maximum Gasteiger partial charge on any atom is 0.0161 e. The summed E-state index contributed by atoms with van der Waals surface area (Å²) >= 11 is 2.01. The predicted octanol–water partition coefficient (Wildman–Crippen LogP) is 2.68. The molecule has 0 heterocycles. The lowest BCUT2D eigenvalue weighted by Crippen LogP contribution is -2.31. The molecule has 72 valence electrons. The van der Waals surface area contributed by atoms with Gasteiger partial charge in [0.25, 0.3) is 0 Å². The SMILES string of the molecule is C=CCCC(CSCC)NCC. The Hall–Kier alpha value is 0.0500. The van der Waals surface area contributed by atoms with E-state index in [0.29, 0.717) is 6.04 Å². The summed E-state index contributed by atoms with van der Waals surface area (Å²) in [4.78, 5) is 0. The van der Waals surface area contributed by atoms with Crippen molar-refractivity contribution in [2.24, 2.45) is 0 Å². The Bertz CT molecular complexity index is 104. The fourth-order valence-corrected chi connectivity index (χ4v) is 1.92. The second kappa shape index (κ2) is 9.14. The predicted molar refractivity (Wildman–Crippen MR) is 59.9 cm³/mol. The van der Waals surface area contributed by atoms with E-state index >= 15 is 0 Å². The average molecular weight is 187 g/mol. The van der Waals surface area contributed by atoms with Gasteiger partial charge in [0.05, 0.1) is 0 Å². The van der Waals surface area contributed by atoms with Crippen LogP contribution in [-0.2, 0) is 0 Å². The van der Waals surface area contributed by atoms with Crippen LogP contribution in [0.25, 0.3) is 0 Å². The van der Waals surface area contributed by atoms with Crippen LogP contribution >= 0.6 is 11.8 Å². The van der Waals surface area contributed by atoms with Crippen LogP contribution in [0.3, 0.4) is 0 Å². The van der Waals surface area contributed by atoms with Crippen LogP contribution in [0.15, 0.2) is 12.7 Å². The van der Waals surface area contributed by atoms with Crippen molar-refractivity contribution in [2.75, 3.05) is 18.1 Å². The molecule has 0 aromatic heterocycles. The van der Waals surface area contributed by atoms with Gasteiger partial charge in [-0.15, -0.1) is 6.58 Å². The van der Waals surface area contributed by atoms with E-state index in [0.717, 1.165) is 13.0 Å². The first-order valence-electron chi connectivity index (χ1n) is 4.77. The Labute approximate surface area is 81.0 Å². The Morgan fingerprint density at radius 1 is 1.50 bits per heavy atom. The number of hydrogen-bond donors (Lipinski definition) is 1. The van der Waals surface area contributed by atoms with Crippen molar-refractivity contribution in [1.82, 2.24) is 5.32 Å². The van der Waals surface area contributed by atoms with Gasteiger partial charge < -0.3 is 5.32 Å². The molecule has 2 heteroatoms. The van der Waals surface area contributed by atoms with Gasteiger partial charge in [0, 0.05) is 11.8 Å². The quantitative estimate of drug-likeness (QED) is 0.586. The molecule has 0 saturated carbocycles. The average Bonchev–Trinajstić information content (AvgIpc) is 2.10. The van der Waals surface area contributed by atoms with Crippen molar-refractivity contribution < 1.29 is 0 Å².